The molecule has 0 unspecified atom stereocenters. The van der Waals surface area contributed by atoms with E-state index in [1.54, 1.807) is 12.1 Å². The molecule has 0 fully saturated rings. The molecule has 0 aliphatic heterocycles. The van der Waals surface area contributed by atoms with Crippen molar-refractivity contribution in [3.8, 4) is 11.5 Å². The lowest BCUT2D eigenvalue weighted by Crippen LogP contribution is -1.98. The van der Waals surface area contributed by atoms with Crippen molar-refractivity contribution in [3.05, 3.63) is 53.6 Å². The van der Waals surface area contributed by atoms with Gasteiger partial charge in [0.15, 0.2) is 0 Å². The molecule has 2 aromatic rings. The van der Waals surface area contributed by atoms with Crippen LogP contribution in [-0.2, 0) is 23.0 Å². The highest BCUT2D eigenvalue weighted by Gasteiger charge is 2.11. The van der Waals surface area contributed by atoms with Crippen LogP contribution < -0.4 is 4.74 Å². The van der Waals surface area contributed by atoms with Crippen LogP contribution >= 0.6 is 0 Å². The summed E-state index contributed by atoms with van der Waals surface area (Å²) in [6, 6.07) is 12.5. The Morgan fingerprint density at radius 2 is 1.11 bits per heavy atom. The summed E-state index contributed by atoms with van der Waals surface area (Å²) in [5.74, 6) is 1.41. The van der Waals surface area contributed by atoms with Gasteiger partial charge in [-0.2, -0.15) is 8.42 Å². The lowest BCUT2D eigenvalue weighted by molar-refractivity contribution is 0.471. The molecule has 0 spiro atoms. The molecule has 2 aromatic carbocycles. The second kappa shape index (κ2) is 18.4. The topological polar surface area (TPSA) is 63.6 Å². The number of aryl methyl sites for hydroxylation is 2. The fourth-order valence-electron chi connectivity index (χ4n) is 4.80. The van der Waals surface area contributed by atoms with E-state index in [4.69, 9.17) is 4.74 Å². The summed E-state index contributed by atoms with van der Waals surface area (Å²) in [5.41, 5.74) is 2.59. The van der Waals surface area contributed by atoms with Gasteiger partial charge in [0.1, 0.15) is 11.5 Å². The average molecular weight is 531 g/mol. The standard InChI is InChI=1S/C32H50O4S/c1-3-5-7-9-11-13-15-17-19-28-21-26-32(36-30-22-24-31(25-23-30)37(33,34)35)29(27-28)20-18-16-14-12-10-8-6-4-2/h21-27H,3-20H2,1-2H3,(H,33,34,35). The number of ether oxygens (including phenoxy) is 1. The third-order valence-electron chi connectivity index (χ3n) is 7.09. The van der Waals surface area contributed by atoms with Crippen LogP contribution in [-0.4, -0.2) is 13.0 Å². The molecule has 208 valence electrons. The van der Waals surface area contributed by atoms with Crippen molar-refractivity contribution >= 4 is 10.1 Å². The fraction of sp³-hybridized carbons (Fsp3) is 0.625. The van der Waals surface area contributed by atoms with Crippen molar-refractivity contribution in [2.45, 2.75) is 134 Å². The number of hydrogen-bond acceptors (Lipinski definition) is 3. The Morgan fingerprint density at radius 1 is 0.622 bits per heavy atom. The van der Waals surface area contributed by atoms with E-state index in [0.29, 0.717) is 5.75 Å². The average Bonchev–Trinajstić information content (AvgIpc) is 2.88. The van der Waals surface area contributed by atoms with Gasteiger partial charge in [0, 0.05) is 0 Å². The Labute approximate surface area is 227 Å². The summed E-state index contributed by atoms with van der Waals surface area (Å²) in [6.45, 7) is 4.52. The van der Waals surface area contributed by atoms with Gasteiger partial charge < -0.3 is 4.74 Å². The van der Waals surface area contributed by atoms with Gasteiger partial charge in [0.25, 0.3) is 10.1 Å². The highest BCUT2D eigenvalue weighted by atomic mass is 32.2. The second-order valence-corrected chi connectivity index (χ2v) is 11.9. The minimum Gasteiger partial charge on any atom is -0.457 e. The third kappa shape index (κ3) is 13.5. The predicted octanol–water partition coefficient (Wildman–Crippen LogP) is 10.1. The lowest BCUT2D eigenvalue weighted by Gasteiger charge is -2.14. The summed E-state index contributed by atoms with van der Waals surface area (Å²) in [4.78, 5) is -0.125. The van der Waals surface area contributed by atoms with Crippen LogP contribution in [0.15, 0.2) is 47.4 Å². The van der Waals surface area contributed by atoms with Gasteiger partial charge in [-0.25, -0.2) is 0 Å². The largest absolute Gasteiger partial charge is 0.457 e. The number of unbranched alkanes of at least 4 members (excludes halogenated alkanes) is 14. The molecule has 0 amide bonds. The molecule has 1 N–H and O–H groups in total. The summed E-state index contributed by atoms with van der Waals surface area (Å²) in [5, 5.41) is 0. The van der Waals surface area contributed by atoms with Crippen molar-refractivity contribution in [1.82, 2.24) is 0 Å². The summed E-state index contributed by atoms with van der Waals surface area (Å²) in [7, 11) is -4.21. The number of rotatable bonds is 21. The third-order valence-corrected chi connectivity index (χ3v) is 7.96. The molecule has 2 rings (SSSR count). The Balaban J connectivity index is 1.93. The first-order valence-corrected chi connectivity index (χ1v) is 16.2. The Kier molecular flexibility index (Phi) is 15.6. The maximum atomic E-state index is 11.3. The van der Waals surface area contributed by atoms with Crippen LogP contribution in [0.2, 0.25) is 0 Å². The van der Waals surface area contributed by atoms with Crippen molar-refractivity contribution < 1.29 is 17.7 Å². The molecule has 0 saturated carbocycles. The molecule has 5 heteroatoms. The molecule has 0 aliphatic carbocycles. The first-order chi connectivity index (χ1) is 17.9. The lowest BCUT2D eigenvalue weighted by atomic mass is 9.99. The molecule has 0 atom stereocenters. The Bertz CT molecular complexity index is 967. The van der Waals surface area contributed by atoms with Gasteiger partial charge in [-0.3, -0.25) is 4.55 Å². The zero-order chi connectivity index (χ0) is 26.8. The summed E-state index contributed by atoms with van der Waals surface area (Å²) >= 11 is 0. The van der Waals surface area contributed by atoms with Gasteiger partial charge in [0.2, 0.25) is 0 Å². The van der Waals surface area contributed by atoms with E-state index >= 15 is 0 Å². The molecule has 4 nitrogen and oxygen atoms in total. The first kappa shape index (κ1) is 31.4. The molecule has 0 aromatic heterocycles. The van der Waals surface area contributed by atoms with Crippen LogP contribution in [0.3, 0.4) is 0 Å². The summed E-state index contributed by atoms with van der Waals surface area (Å²) < 4.78 is 38.1. The van der Waals surface area contributed by atoms with Gasteiger partial charge >= 0.3 is 0 Å². The molecule has 0 radical (unpaired) electrons. The molecular weight excluding hydrogens is 480 g/mol. The number of hydrogen-bond donors (Lipinski definition) is 1. The van der Waals surface area contributed by atoms with E-state index in [1.165, 1.54) is 120 Å². The SMILES string of the molecule is CCCCCCCCCCc1ccc(Oc2ccc(S(=O)(=O)O)cc2)c(CCCCCCCCCC)c1. The van der Waals surface area contributed by atoms with Crippen molar-refractivity contribution in [2.24, 2.45) is 0 Å². The maximum Gasteiger partial charge on any atom is 0.294 e. The minimum absolute atomic E-state index is 0.125. The summed E-state index contributed by atoms with van der Waals surface area (Å²) in [6.07, 6.45) is 23.0. The monoisotopic (exact) mass is 530 g/mol. The zero-order valence-electron chi connectivity index (χ0n) is 23.3. The zero-order valence-corrected chi connectivity index (χ0v) is 24.2. The van der Waals surface area contributed by atoms with Crippen molar-refractivity contribution in [1.29, 1.82) is 0 Å². The smallest absolute Gasteiger partial charge is 0.294 e. The Morgan fingerprint density at radius 3 is 1.62 bits per heavy atom. The van der Waals surface area contributed by atoms with Gasteiger partial charge in [-0.1, -0.05) is 116 Å². The van der Waals surface area contributed by atoms with E-state index in [1.807, 2.05) is 0 Å². The molecular formula is C32H50O4S. The maximum absolute atomic E-state index is 11.3. The van der Waals surface area contributed by atoms with Crippen LogP contribution in [0.1, 0.15) is 128 Å². The van der Waals surface area contributed by atoms with Crippen LogP contribution in [0, 0.1) is 0 Å². The van der Waals surface area contributed by atoms with Gasteiger partial charge in [0.05, 0.1) is 4.90 Å². The minimum atomic E-state index is -4.21. The van der Waals surface area contributed by atoms with Crippen molar-refractivity contribution in [2.75, 3.05) is 0 Å². The highest BCUT2D eigenvalue weighted by Crippen LogP contribution is 2.29. The van der Waals surface area contributed by atoms with Gasteiger partial charge in [-0.15, -0.1) is 0 Å². The quantitative estimate of drug-likeness (QED) is 0.129. The molecule has 0 saturated heterocycles. The van der Waals surface area contributed by atoms with Crippen LogP contribution in [0.5, 0.6) is 11.5 Å². The normalized spacial score (nSPS) is 11.6. The Hall–Kier alpha value is -1.85. The molecule has 0 heterocycles. The van der Waals surface area contributed by atoms with E-state index in [0.717, 1.165) is 25.0 Å². The molecule has 0 bridgehead atoms. The first-order valence-electron chi connectivity index (χ1n) is 14.8. The molecule has 0 aliphatic rings. The van der Waals surface area contributed by atoms with Gasteiger partial charge in [-0.05, 0) is 67.1 Å². The number of benzene rings is 2. The van der Waals surface area contributed by atoms with E-state index in [2.05, 4.69) is 32.0 Å². The van der Waals surface area contributed by atoms with E-state index in [9.17, 15) is 13.0 Å². The fourth-order valence-corrected chi connectivity index (χ4v) is 5.28. The predicted molar refractivity (Wildman–Crippen MR) is 155 cm³/mol. The van der Waals surface area contributed by atoms with E-state index < -0.39 is 10.1 Å². The van der Waals surface area contributed by atoms with Crippen molar-refractivity contribution in [3.63, 3.8) is 0 Å². The van der Waals surface area contributed by atoms with E-state index in [-0.39, 0.29) is 4.90 Å². The highest BCUT2D eigenvalue weighted by molar-refractivity contribution is 7.85. The molecule has 37 heavy (non-hydrogen) atoms. The van der Waals surface area contributed by atoms with Crippen LogP contribution in [0.25, 0.3) is 0 Å². The van der Waals surface area contributed by atoms with Crippen LogP contribution in [0.4, 0.5) is 0 Å². The second-order valence-electron chi connectivity index (χ2n) is 10.4.